The number of fused-ring (bicyclic) bond motifs is 1. The smallest absolute Gasteiger partial charge is 0.427 e. The number of methoxy groups -OCH3 is 1. The first kappa shape index (κ1) is 29.8. The Morgan fingerprint density at radius 2 is 1.66 bits per heavy atom. The van der Waals surface area contributed by atoms with Crippen molar-refractivity contribution in [2.24, 2.45) is 0 Å². The van der Waals surface area contributed by atoms with E-state index in [4.69, 9.17) is 0 Å². The molecule has 41 heavy (non-hydrogen) atoms. The third-order valence-corrected chi connectivity index (χ3v) is 6.55. The largest absolute Gasteiger partial charge is 0.454 e. The van der Waals surface area contributed by atoms with Crippen LogP contribution in [0.25, 0.3) is 15.8 Å². The highest BCUT2D eigenvalue weighted by Crippen LogP contribution is 2.37. The summed E-state index contributed by atoms with van der Waals surface area (Å²) in [6, 6.07) is 6.65. The maximum atomic E-state index is 14.7. The molecule has 1 heterocycles. The molecule has 1 atom stereocenters. The molecule has 0 radical (unpaired) electrons. The zero-order valence-corrected chi connectivity index (χ0v) is 21.7. The van der Waals surface area contributed by atoms with E-state index < -0.39 is 57.9 Å². The first-order valence-corrected chi connectivity index (χ1v) is 12.4. The zero-order chi connectivity index (χ0) is 29.9. The van der Waals surface area contributed by atoms with E-state index in [1.165, 1.54) is 37.5 Å². The summed E-state index contributed by atoms with van der Waals surface area (Å²) in [6.45, 7) is 3.70. The lowest BCUT2D eigenvalue weighted by Crippen LogP contribution is -2.21. The summed E-state index contributed by atoms with van der Waals surface area (Å²) in [5, 5.41) is -0.867. The SMILES string of the molecule is C=C(/C=C\CC(F)OC)c1cc(F)c(C#Cc2ccc3nc(C(F)(F)Oc4cc(F)c(F)c(F)c4)sc3c2)c(F)c1. The monoisotopic (exact) mass is 595 g/mol. The van der Waals surface area contributed by atoms with E-state index in [0.717, 1.165) is 12.1 Å². The maximum Gasteiger partial charge on any atom is 0.454 e. The molecule has 3 nitrogen and oxygen atoms in total. The number of rotatable bonds is 8. The third kappa shape index (κ3) is 6.93. The summed E-state index contributed by atoms with van der Waals surface area (Å²) < 4.78 is 121. The topological polar surface area (TPSA) is 31.4 Å². The highest BCUT2D eigenvalue weighted by Gasteiger charge is 2.39. The minimum atomic E-state index is -4.13. The Balaban J connectivity index is 1.54. The Morgan fingerprint density at radius 3 is 2.29 bits per heavy atom. The summed E-state index contributed by atoms with van der Waals surface area (Å²) in [5.41, 5.74) is 0.120. The Hall–Kier alpha value is -4.21. The van der Waals surface area contributed by atoms with Gasteiger partial charge in [0.25, 0.3) is 0 Å². The average Bonchev–Trinajstić information content (AvgIpc) is 3.35. The van der Waals surface area contributed by atoms with E-state index >= 15 is 0 Å². The van der Waals surface area contributed by atoms with Gasteiger partial charge in [0.1, 0.15) is 17.4 Å². The summed E-state index contributed by atoms with van der Waals surface area (Å²) in [4.78, 5) is 3.76. The van der Waals surface area contributed by atoms with Gasteiger partial charge >= 0.3 is 6.11 Å². The van der Waals surface area contributed by atoms with E-state index in [0.29, 0.717) is 11.3 Å². The highest BCUT2D eigenvalue weighted by atomic mass is 32.1. The number of hydrogen-bond donors (Lipinski definition) is 0. The standard InChI is InChI=1S/C29H17F8NO2S/c1-15(4-3-5-26(34)39-2)17-11-20(30)19(21(31)12-17)8-6-16-7-9-24-25(10-16)41-28(38-24)29(36,37)40-18-13-22(32)27(35)23(33)14-18/h3-4,7,9-14,26H,1,5H2,2H3/b4-3-. The van der Waals surface area contributed by atoms with Crippen LogP contribution in [-0.4, -0.2) is 18.5 Å². The van der Waals surface area contributed by atoms with Crippen LogP contribution in [0.1, 0.15) is 28.1 Å². The number of aromatic nitrogens is 1. The number of benzene rings is 3. The van der Waals surface area contributed by atoms with Crippen molar-refractivity contribution in [1.82, 2.24) is 4.98 Å². The summed E-state index contributed by atoms with van der Waals surface area (Å²) in [6.07, 6.45) is -2.92. The first-order valence-electron chi connectivity index (χ1n) is 11.5. The molecule has 212 valence electrons. The van der Waals surface area contributed by atoms with Crippen LogP contribution in [0, 0.1) is 40.9 Å². The van der Waals surface area contributed by atoms with Crippen LogP contribution in [0.5, 0.6) is 5.75 Å². The van der Waals surface area contributed by atoms with Crippen molar-refractivity contribution in [3.05, 3.63) is 112 Å². The maximum absolute atomic E-state index is 14.7. The van der Waals surface area contributed by atoms with E-state index in [-0.39, 0.29) is 45.5 Å². The van der Waals surface area contributed by atoms with Gasteiger partial charge in [0.15, 0.2) is 17.5 Å². The van der Waals surface area contributed by atoms with Crippen molar-refractivity contribution in [3.63, 3.8) is 0 Å². The van der Waals surface area contributed by atoms with Crippen LogP contribution in [0.4, 0.5) is 35.1 Å². The molecule has 0 aliphatic carbocycles. The van der Waals surface area contributed by atoms with Crippen LogP contribution in [0.2, 0.25) is 0 Å². The molecule has 0 amide bonds. The lowest BCUT2D eigenvalue weighted by molar-refractivity contribution is -0.185. The molecule has 3 aromatic carbocycles. The van der Waals surface area contributed by atoms with Crippen LogP contribution >= 0.6 is 11.3 Å². The van der Waals surface area contributed by atoms with Crippen LogP contribution in [-0.2, 0) is 10.8 Å². The molecule has 0 spiro atoms. The lowest BCUT2D eigenvalue weighted by atomic mass is 10.0. The molecule has 0 saturated heterocycles. The van der Waals surface area contributed by atoms with Crippen LogP contribution in [0.15, 0.2) is 61.2 Å². The number of halogens is 8. The molecule has 0 aliphatic heterocycles. The Bertz CT molecular complexity index is 1680. The second-order valence-corrected chi connectivity index (χ2v) is 9.43. The summed E-state index contributed by atoms with van der Waals surface area (Å²) in [7, 11) is 1.20. The number of nitrogens with zero attached hydrogens (tertiary/aromatic N) is 1. The molecule has 0 fully saturated rings. The van der Waals surface area contributed by atoms with Gasteiger partial charge in [-0.1, -0.05) is 30.6 Å². The van der Waals surface area contributed by atoms with Gasteiger partial charge in [-0.25, -0.2) is 31.3 Å². The Morgan fingerprint density at radius 1 is 1.00 bits per heavy atom. The quantitative estimate of drug-likeness (QED) is 0.0887. The van der Waals surface area contributed by atoms with E-state index in [2.05, 4.69) is 32.9 Å². The molecular formula is C29H17F8NO2S. The van der Waals surface area contributed by atoms with Gasteiger partial charge in [-0.2, -0.15) is 8.78 Å². The molecule has 0 N–H and O–H groups in total. The predicted octanol–water partition coefficient (Wildman–Crippen LogP) is 8.42. The predicted molar refractivity (Wildman–Crippen MR) is 137 cm³/mol. The van der Waals surface area contributed by atoms with Gasteiger partial charge in [-0.15, -0.1) is 11.3 Å². The average molecular weight is 596 g/mol. The fraction of sp³-hybridized carbons (Fsp3) is 0.138. The number of thiazole rings is 1. The Kier molecular flexibility index (Phi) is 8.80. The minimum absolute atomic E-state index is 0.0749. The second-order valence-electron chi connectivity index (χ2n) is 8.40. The number of ether oxygens (including phenoxy) is 2. The van der Waals surface area contributed by atoms with Crippen molar-refractivity contribution in [1.29, 1.82) is 0 Å². The van der Waals surface area contributed by atoms with Gasteiger partial charge < -0.3 is 9.47 Å². The fourth-order valence-corrected chi connectivity index (χ4v) is 4.35. The number of alkyl halides is 3. The molecule has 1 aromatic heterocycles. The molecule has 4 aromatic rings. The van der Waals surface area contributed by atoms with Crippen molar-refractivity contribution in [2.75, 3.05) is 7.11 Å². The van der Waals surface area contributed by atoms with Crippen molar-refractivity contribution in [3.8, 4) is 17.6 Å². The second kappa shape index (κ2) is 12.1. The molecule has 12 heteroatoms. The van der Waals surface area contributed by atoms with Gasteiger partial charge in [0.2, 0.25) is 11.4 Å². The molecule has 0 bridgehead atoms. The first-order chi connectivity index (χ1) is 19.4. The third-order valence-electron chi connectivity index (χ3n) is 5.48. The molecule has 0 saturated carbocycles. The fourth-order valence-electron chi connectivity index (χ4n) is 3.43. The van der Waals surface area contributed by atoms with Gasteiger partial charge in [-0.3, -0.25) is 0 Å². The molecule has 1 unspecified atom stereocenters. The minimum Gasteiger partial charge on any atom is -0.427 e. The molecule has 0 aliphatic rings. The summed E-state index contributed by atoms with van der Waals surface area (Å²) >= 11 is 0.481. The van der Waals surface area contributed by atoms with Gasteiger partial charge in [0.05, 0.1) is 15.8 Å². The van der Waals surface area contributed by atoms with Crippen molar-refractivity contribution >= 4 is 27.1 Å². The van der Waals surface area contributed by atoms with E-state index in [1.54, 1.807) is 0 Å². The Labute approximate surface area is 232 Å². The van der Waals surface area contributed by atoms with E-state index in [1.807, 2.05) is 0 Å². The molecular weight excluding hydrogens is 578 g/mol. The summed E-state index contributed by atoms with van der Waals surface area (Å²) in [5.74, 6) is -3.22. The normalized spacial score (nSPS) is 12.4. The van der Waals surface area contributed by atoms with Crippen LogP contribution < -0.4 is 4.74 Å². The lowest BCUT2D eigenvalue weighted by Gasteiger charge is -2.15. The van der Waals surface area contributed by atoms with Gasteiger partial charge in [-0.05, 0) is 41.5 Å². The number of hydrogen-bond acceptors (Lipinski definition) is 4. The van der Waals surface area contributed by atoms with Crippen molar-refractivity contribution in [2.45, 2.75) is 18.9 Å². The van der Waals surface area contributed by atoms with Crippen molar-refractivity contribution < 1.29 is 44.6 Å². The van der Waals surface area contributed by atoms with E-state index in [9.17, 15) is 35.1 Å². The molecule has 4 rings (SSSR count). The van der Waals surface area contributed by atoms with Crippen LogP contribution in [0.3, 0.4) is 0 Å². The highest BCUT2D eigenvalue weighted by molar-refractivity contribution is 7.18. The number of allylic oxidation sites excluding steroid dienone is 2. The zero-order valence-electron chi connectivity index (χ0n) is 20.9. The van der Waals surface area contributed by atoms with Gasteiger partial charge in [0, 0.05) is 31.2 Å².